The fraction of sp³-hybridized carbons (Fsp3) is 0.273. The minimum absolute atomic E-state index is 0.0968. The standard InChI is InChI=1S/C11H10ClF2NO2S/c1-7-11(18(12,16)17)8-4-2-3-5-9(8)15(7)6-10(13)14/h2-5,10H,6H2,1H3. The molecule has 3 nitrogen and oxygen atoms in total. The van der Waals surface area contributed by atoms with Crippen molar-refractivity contribution in [2.24, 2.45) is 0 Å². The Bertz CT molecular complexity index is 694. The molecule has 0 fully saturated rings. The summed E-state index contributed by atoms with van der Waals surface area (Å²) in [5, 5.41) is 0.366. The summed E-state index contributed by atoms with van der Waals surface area (Å²) < 4.78 is 49.4. The molecule has 0 aliphatic carbocycles. The van der Waals surface area contributed by atoms with Gasteiger partial charge < -0.3 is 4.57 Å². The minimum atomic E-state index is -3.97. The predicted octanol–water partition coefficient (Wildman–Crippen LogP) is 3.14. The van der Waals surface area contributed by atoms with Gasteiger partial charge in [0.15, 0.2) is 0 Å². The van der Waals surface area contributed by atoms with Crippen LogP contribution in [0.4, 0.5) is 8.78 Å². The van der Waals surface area contributed by atoms with E-state index in [1.54, 1.807) is 24.3 Å². The van der Waals surface area contributed by atoms with E-state index in [4.69, 9.17) is 10.7 Å². The Kier molecular flexibility index (Phi) is 3.33. The molecule has 0 amide bonds. The summed E-state index contributed by atoms with van der Waals surface area (Å²) in [6.45, 7) is 0.913. The first-order valence-corrected chi connectivity index (χ1v) is 7.44. The molecule has 0 aliphatic rings. The van der Waals surface area contributed by atoms with E-state index in [-0.39, 0.29) is 10.6 Å². The first kappa shape index (κ1) is 13.3. The number of hydrogen-bond donors (Lipinski definition) is 0. The Balaban J connectivity index is 2.84. The molecule has 2 aromatic rings. The zero-order valence-electron chi connectivity index (χ0n) is 9.40. The topological polar surface area (TPSA) is 39.1 Å². The van der Waals surface area contributed by atoms with Crippen molar-refractivity contribution in [1.29, 1.82) is 0 Å². The zero-order chi connectivity index (χ0) is 13.5. The minimum Gasteiger partial charge on any atom is -0.338 e. The normalized spacial score (nSPS) is 12.5. The third kappa shape index (κ3) is 2.22. The summed E-state index contributed by atoms with van der Waals surface area (Å²) in [6.07, 6.45) is -2.56. The molecule has 1 aromatic heterocycles. The maximum atomic E-state index is 12.5. The van der Waals surface area contributed by atoms with Gasteiger partial charge in [-0.1, -0.05) is 18.2 Å². The van der Waals surface area contributed by atoms with Crippen LogP contribution in [0.1, 0.15) is 5.69 Å². The average molecular weight is 294 g/mol. The van der Waals surface area contributed by atoms with Crippen LogP contribution in [-0.2, 0) is 15.6 Å². The third-order valence-electron chi connectivity index (χ3n) is 2.74. The van der Waals surface area contributed by atoms with Crippen LogP contribution < -0.4 is 0 Å². The van der Waals surface area contributed by atoms with Gasteiger partial charge in [0.05, 0.1) is 6.54 Å². The van der Waals surface area contributed by atoms with Gasteiger partial charge in [-0.05, 0) is 13.0 Å². The Morgan fingerprint density at radius 2 is 1.94 bits per heavy atom. The maximum Gasteiger partial charge on any atom is 0.263 e. The molecule has 0 atom stereocenters. The van der Waals surface area contributed by atoms with E-state index < -0.39 is 22.0 Å². The molecule has 2 rings (SSSR count). The average Bonchev–Trinajstić information content (AvgIpc) is 2.51. The number of halogens is 3. The van der Waals surface area contributed by atoms with Crippen molar-refractivity contribution in [1.82, 2.24) is 4.57 Å². The number of fused-ring (bicyclic) bond motifs is 1. The Labute approximate surface area is 107 Å². The van der Waals surface area contributed by atoms with Crippen molar-refractivity contribution >= 4 is 30.6 Å². The van der Waals surface area contributed by atoms with E-state index in [2.05, 4.69) is 0 Å². The molecule has 0 unspecified atom stereocenters. The Morgan fingerprint density at radius 3 is 2.50 bits per heavy atom. The number of rotatable bonds is 3. The molecule has 1 heterocycles. The monoisotopic (exact) mass is 293 g/mol. The first-order chi connectivity index (χ1) is 8.32. The van der Waals surface area contributed by atoms with Crippen molar-refractivity contribution in [3.05, 3.63) is 30.0 Å². The lowest BCUT2D eigenvalue weighted by Crippen LogP contribution is -2.08. The molecule has 98 valence electrons. The summed E-state index contributed by atoms with van der Waals surface area (Å²) in [5.74, 6) is 0. The van der Waals surface area contributed by atoms with E-state index in [9.17, 15) is 17.2 Å². The molecule has 18 heavy (non-hydrogen) atoms. The highest BCUT2D eigenvalue weighted by Gasteiger charge is 2.24. The van der Waals surface area contributed by atoms with E-state index in [1.165, 1.54) is 11.5 Å². The summed E-state index contributed by atoms with van der Waals surface area (Å²) in [5.41, 5.74) is 0.668. The van der Waals surface area contributed by atoms with Gasteiger partial charge in [-0.15, -0.1) is 0 Å². The van der Waals surface area contributed by atoms with E-state index >= 15 is 0 Å². The van der Waals surface area contributed by atoms with Crippen LogP contribution in [0.3, 0.4) is 0 Å². The summed E-state index contributed by atoms with van der Waals surface area (Å²) in [4.78, 5) is -0.0968. The van der Waals surface area contributed by atoms with Crippen LogP contribution in [0, 0.1) is 6.92 Å². The van der Waals surface area contributed by atoms with Gasteiger partial charge in [0.25, 0.3) is 15.5 Å². The molecular formula is C11H10ClF2NO2S. The van der Waals surface area contributed by atoms with Crippen LogP contribution in [0.5, 0.6) is 0 Å². The molecule has 0 saturated heterocycles. The number of para-hydroxylation sites is 1. The van der Waals surface area contributed by atoms with Crippen LogP contribution >= 0.6 is 10.7 Å². The zero-order valence-corrected chi connectivity index (χ0v) is 11.0. The molecular weight excluding hydrogens is 284 g/mol. The van der Waals surface area contributed by atoms with Gasteiger partial charge in [0.1, 0.15) is 4.90 Å². The number of nitrogens with zero attached hydrogens (tertiary/aromatic N) is 1. The van der Waals surface area contributed by atoms with E-state index in [0.717, 1.165) is 0 Å². The quantitative estimate of drug-likeness (QED) is 0.816. The highest BCUT2D eigenvalue weighted by molar-refractivity contribution is 8.14. The fourth-order valence-corrected chi connectivity index (χ4v) is 3.56. The van der Waals surface area contributed by atoms with Gasteiger partial charge in [0, 0.05) is 27.3 Å². The van der Waals surface area contributed by atoms with E-state index in [1.807, 2.05) is 0 Å². The van der Waals surface area contributed by atoms with E-state index in [0.29, 0.717) is 10.9 Å². The summed E-state index contributed by atoms with van der Waals surface area (Å²) in [6, 6.07) is 6.45. The smallest absolute Gasteiger partial charge is 0.263 e. The largest absolute Gasteiger partial charge is 0.338 e. The molecule has 0 spiro atoms. The SMILES string of the molecule is Cc1c(S(=O)(=O)Cl)c2ccccc2n1CC(F)F. The first-order valence-electron chi connectivity index (χ1n) is 5.13. The third-order valence-corrected chi connectivity index (χ3v) is 4.20. The molecule has 1 aromatic carbocycles. The lowest BCUT2D eigenvalue weighted by molar-refractivity contribution is 0.127. The van der Waals surface area contributed by atoms with Gasteiger partial charge >= 0.3 is 0 Å². The number of hydrogen-bond acceptors (Lipinski definition) is 2. The van der Waals surface area contributed by atoms with Crippen LogP contribution in [-0.4, -0.2) is 19.4 Å². The molecule has 0 N–H and O–H groups in total. The van der Waals surface area contributed by atoms with Gasteiger partial charge in [-0.25, -0.2) is 17.2 Å². The van der Waals surface area contributed by atoms with Gasteiger partial charge in [0.2, 0.25) is 0 Å². The van der Waals surface area contributed by atoms with Crippen molar-refractivity contribution in [2.45, 2.75) is 24.8 Å². The summed E-state index contributed by atoms with van der Waals surface area (Å²) >= 11 is 0. The number of aromatic nitrogens is 1. The number of benzene rings is 1. The molecule has 0 radical (unpaired) electrons. The molecule has 0 bridgehead atoms. The second-order valence-corrected chi connectivity index (χ2v) is 6.37. The Morgan fingerprint density at radius 1 is 1.33 bits per heavy atom. The lowest BCUT2D eigenvalue weighted by Gasteiger charge is -2.06. The summed E-state index contributed by atoms with van der Waals surface area (Å²) in [7, 11) is 1.40. The van der Waals surface area contributed by atoms with Crippen molar-refractivity contribution in [3.63, 3.8) is 0 Å². The molecule has 0 aliphatic heterocycles. The number of alkyl halides is 2. The van der Waals surface area contributed by atoms with Gasteiger partial charge in [-0.2, -0.15) is 0 Å². The van der Waals surface area contributed by atoms with Crippen LogP contribution in [0.2, 0.25) is 0 Å². The van der Waals surface area contributed by atoms with Crippen molar-refractivity contribution < 1.29 is 17.2 Å². The lowest BCUT2D eigenvalue weighted by atomic mass is 10.2. The van der Waals surface area contributed by atoms with Crippen molar-refractivity contribution in [2.75, 3.05) is 0 Å². The van der Waals surface area contributed by atoms with Crippen LogP contribution in [0.25, 0.3) is 10.9 Å². The predicted molar refractivity (Wildman–Crippen MR) is 65.7 cm³/mol. The highest BCUT2D eigenvalue weighted by atomic mass is 35.7. The van der Waals surface area contributed by atoms with Crippen LogP contribution in [0.15, 0.2) is 29.2 Å². The highest BCUT2D eigenvalue weighted by Crippen LogP contribution is 2.32. The Hall–Kier alpha value is -1.14. The van der Waals surface area contributed by atoms with Crippen molar-refractivity contribution in [3.8, 4) is 0 Å². The fourth-order valence-electron chi connectivity index (χ4n) is 2.08. The second kappa shape index (κ2) is 4.51. The molecule has 7 heteroatoms. The molecule has 0 saturated carbocycles. The van der Waals surface area contributed by atoms with Gasteiger partial charge in [-0.3, -0.25) is 0 Å². The second-order valence-electron chi connectivity index (χ2n) is 3.87. The maximum absolute atomic E-state index is 12.5.